The molecule has 0 radical (unpaired) electrons. The van der Waals surface area contributed by atoms with Crippen molar-refractivity contribution >= 4 is 12.0 Å². The van der Waals surface area contributed by atoms with Crippen LogP contribution in [0.25, 0.3) is 0 Å². The molecule has 0 aliphatic carbocycles. The first-order chi connectivity index (χ1) is 7.67. The Morgan fingerprint density at radius 1 is 1.50 bits per heavy atom. The predicted molar refractivity (Wildman–Crippen MR) is 53.6 cm³/mol. The van der Waals surface area contributed by atoms with Crippen LogP contribution in [0.1, 0.15) is 0 Å². The highest BCUT2D eigenvalue weighted by Crippen LogP contribution is 2.37. The summed E-state index contributed by atoms with van der Waals surface area (Å²) in [5.74, 6) is 0.0534. The molecule has 0 saturated carbocycles. The van der Waals surface area contributed by atoms with Gasteiger partial charge in [0.2, 0.25) is 0 Å². The highest BCUT2D eigenvalue weighted by atomic mass is 16.6. The molecule has 2 N–H and O–H groups in total. The van der Waals surface area contributed by atoms with Crippen LogP contribution >= 0.6 is 0 Å². The number of aliphatic hydroxyl groups excluding tert-OH is 1. The Morgan fingerprint density at radius 2 is 2.25 bits per heavy atom. The number of ether oxygens (including phenoxy) is 2. The Kier molecular flexibility index (Phi) is 2.41. The lowest BCUT2D eigenvalue weighted by molar-refractivity contribution is -0.105. The van der Waals surface area contributed by atoms with E-state index in [0.29, 0.717) is 17.1 Å². The van der Waals surface area contributed by atoms with E-state index in [0.717, 1.165) is 0 Å². The first-order valence-electron chi connectivity index (χ1n) is 4.40. The van der Waals surface area contributed by atoms with E-state index in [2.05, 4.69) is 0 Å². The number of carbonyl (C=O) groups is 1. The van der Waals surface area contributed by atoms with Gasteiger partial charge in [0.05, 0.1) is 7.11 Å². The predicted octanol–water partition coefficient (Wildman–Crippen LogP) is 1.21. The lowest BCUT2D eigenvalue weighted by Gasteiger charge is -2.24. The Balaban J connectivity index is 2.49. The molecule has 84 valence electrons. The maximum Gasteiger partial charge on any atom is 0.313 e. The normalized spacial score (nSPS) is 14.2. The quantitative estimate of drug-likeness (QED) is 0.733. The molecule has 0 spiro atoms. The molecule has 0 fully saturated rings. The van der Waals surface area contributed by atoms with Crippen molar-refractivity contribution in [1.82, 2.24) is 0 Å². The molecule has 1 aromatic carbocycles. The summed E-state index contributed by atoms with van der Waals surface area (Å²) in [6, 6.07) is 4.58. The molecule has 1 heterocycles. The fourth-order valence-corrected chi connectivity index (χ4v) is 1.36. The van der Waals surface area contributed by atoms with Crippen molar-refractivity contribution in [3.8, 4) is 11.5 Å². The Labute approximate surface area is 90.9 Å². The first-order valence-corrected chi connectivity index (χ1v) is 4.40. The SMILES string of the molecule is COc1ccc2c(c1)OC(O)=C(C=O)N2O. The van der Waals surface area contributed by atoms with Crippen LogP contribution < -0.4 is 14.5 Å². The zero-order chi connectivity index (χ0) is 11.7. The van der Waals surface area contributed by atoms with Crippen molar-refractivity contribution in [3.05, 3.63) is 29.8 Å². The molecule has 6 heteroatoms. The van der Waals surface area contributed by atoms with Crippen molar-refractivity contribution < 1.29 is 24.6 Å². The van der Waals surface area contributed by atoms with Crippen LogP contribution in [0.2, 0.25) is 0 Å². The second-order valence-corrected chi connectivity index (χ2v) is 3.06. The molecule has 0 amide bonds. The lowest BCUT2D eigenvalue weighted by Crippen LogP contribution is -2.26. The number of methoxy groups -OCH3 is 1. The first kappa shape index (κ1) is 10.3. The zero-order valence-corrected chi connectivity index (χ0v) is 8.38. The number of allylic oxidation sites excluding steroid dienone is 1. The van der Waals surface area contributed by atoms with Gasteiger partial charge in [0.1, 0.15) is 11.4 Å². The van der Waals surface area contributed by atoms with Gasteiger partial charge in [-0.15, -0.1) is 0 Å². The summed E-state index contributed by atoms with van der Waals surface area (Å²) < 4.78 is 9.93. The Bertz CT molecular complexity index is 468. The van der Waals surface area contributed by atoms with E-state index in [1.165, 1.54) is 19.2 Å². The van der Waals surface area contributed by atoms with Gasteiger partial charge in [-0.1, -0.05) is 0 Å². The van der Waals surface area contributed by atoms with E-state index < -0.39 is 5.95 Å². The van der Waals surface area contributed by atoms with Crippen molar-refractivity contribution in [2.45, 2.75) is 0 Å². The summed E-state index contributed by atoms with van der Waals surface area (Å²) in [5, 5.41) is 19.5. The van der Waals surface area contributed by atoms with Gasteiger partial charge in [-0.3, -0.25) is 10.0 Å². The van der Waals surface area contributed by atoms with Gasteiger partial charge in [0.25, 0.3) is 0 Å². The van der Waals surface area contributed by atoms with Crippen molar-refractivity contribution in [2.75, 3.05) is 12.2 Å². The topological polar surface area (TPSA) is 79.2 Å². The number of nitrogens with zero attached hydrogens (tertiary/aromatic N) is 1. The second kappa shape index (κ2) is 3.74. The third-order valence-corrected chi connectivity index (χ3v) is 2.16. The molecule has 0 saturated heterocycles. The molecule has 1 aliphatic heterocycles. The minimum absolute atomic E-state index is 0.199. The second-order valence-electron chi connectivity index (χ2n) is 3.06. The highest BCUT2D eigenvalue weighted by Gasteiger charge is 2.26. The van der Waals surface area contributed by atoms with Crippen molar-refractivity contribution in [2.24, 2.45) is 0 Å². The van der Waals surface area contributed by atoms with Crippen LogP contribution in [0.3, 0.4) is 0 Å². The number of carbonyl (C=O) groups excluding carboxylic acids is 1. The standard InChI is InChI=1S/C10H9NO5/c1-15-6-2-3-7-9(4-6)16-10(13)8(5-12)11(7)14/h2-5,13-14H,1H3. The number of benzene rings is 1. The van der Waals surface area contributed by atoms with Crippen LogP contribution in [0.5, 0.6) is 11.5 Å². The Morgan fingerprint density at radius 3 is 2.88 bits per heavy atom. The van der Waals surface area contributed by atoms with E-state index in [-0.39, 0.29) is 17.1 Å². The monoisotopic (exact) mass is 223 g/mol. The minimum atomic E-state index is -0.654. The molecule has 2 rings (SSSR count). The van der Waals surface area contributed by atoms with E-state index >= 15 is 0 Å². The number of hydroxylamine groups is 1. The van der Waals surface area contributed by atoms with Gasteiger partial charge in [-0.2, -0.15) is 0 Å². The largest absolute Gasteiger partial charge is 0.497 e. The van der Waals surface area contributed by atoms with Crippen LogP contribution in [0.15, 0.2) is 29.8 Å². The summed E-state index contributed by atoms with van der Waals surface area (Å²) in [5.41, 5.74) is -0.0987. The number of anilines is 1. The van der Waals surface area contributed by atoms with E-state index in [1.807, 2.05) is 0 Å². The molecular weight excluding hydrogens is 214 g/mol. The summed E-state index contributed by atoms with van der Waals surface area (Å²) in [4.78, 5) is 10.6. The van der Waals surface area contributed by atoms with Crippen molar-refractivity contribution in [1.29, 1.82) is 0 Å². The van der Waals surface area contributed by atoms with Crippen LogP contribution in [0, 0.1) is 0 Å². The maximum atomic E-state index is 10.6. The number of hydrogen-bond donors (Lipinski definition) is 2. The number of aldehydes is 1. The average Bonchev–Trinajstić information content (AvgIpc) is 2.28. The van der Waals surface area contributed by atoms with Crippen molar-refractivity contribution in [3.63, 3.8) is 0 Å². The maximum absolute atomic E-state index is 10.6. The zero-order valence-electron chi connectivity index (χ0n) is 8.38. The molecular formula is C10H9NO5. The molecule has 1 aromatic rings. The van der Waals surface area contributed by atoms with E-state index in [9.17, 15) is 15.1 Å². The molecule has 1 aliphatic rings. The third kappa shape index (κ3) is 1.45. The van der Waals surface area contributed by atoms with Gasteiger partial charge in [0.15, 0.2) is 17.7 Å². The Hall–Kier alpha value is -2.21. The van der Waals surface area contributed by atoms with Crippen LogP contribution in [-0.2, 0) is 4.79 Å². The average molecular weight is 223 g/mol. The molecule has 16 heavy (non-hydrogen) atoms. The number of aliphatic hydroxyl groups is 1. The van der Waals surface area contributed by atoms with Gasteiger partial charge >= 0.3 is 5.95 Å². The lowest BCUT2D eigenvalue weighted by atomic mass is 10.2. The van der Waals surface area contributed by atoms with E-state index in [4.69, 9.17) is 9.47 Å². The van der Waals surface area contributed by atoms with Crippen LogP contribution in [-0.4, -0.2) is 23.7 Å². The number of fused-ring (bicyclic) bond motifs is 1. The minimum Gasteiger partial charge on any atom is -0.497 e. The molecule has 0 unspecified atom stereocenters. The third-order valence-electron chi connectivity index (χ3n) is 2.16. The summed E-state index contributed by atoms with van der Waals surface area (Å²) >= 11 is 0. The molecule has 0 aromatic heterocycles. The van der Waals surface area contributed by atoms with Crippen LogP contribution in [0.4, 0.5) is 5.69 Å². The van der Waals surface area contributed by atoms with E-state index in [1.54, 1.807) is 6.07 Å². The fourth-order valence-electron chi connectivity index (χ4n) is 1.36. The summed E-state index contributed by atoms with van der Waals surface area (Å²) in [6.07, 6.45) is 0.294. The highest BCUT2D eigenvalue weighted by molar-refractivity contribution is 5.82. The fraction of sp³-hybridized carbons (Fsp3) is 0.100. The number of hydrogen-bond acceptors (Lipinski definition) is 6. The van der Waals surface area contributed by atoms with Gasteiger partial charge in [-0.25, -0.2) is 5.06 Å². The summed E-state index contributed by atoms with van der Waals surface area (Å²) in [6.45, 7) is 0. The van der Waals surface area contributed by atoms with Gasteiger partial charge in [-0.05, 0) is 12.1 Å². The van der Waals surface area contributed by atoms with Gasteiger partial charge in [0, 0.05) is 6.07 Å². The molecule has 6 nitrogen and oxygen atoms in total. The molecule has 0 atom stereocenters. The van der Waals surface area contributed by atoms with Gasteiger partial charge < -0.3 is 14.6 Å². The smallest absolute Gasteiger partial charge is 0.313 e. The molecule has 0 bridgehead atoms. The summed E-state index contributed by atoms with van der Waals surface area (Å²) in [7, 11) is 1.48. The number of rotatable bonds is 2.